The molecule has 0 fully saturated rings. The minimum absolute atomic E-state index is 0.236. The van der Waals surface area contributed by atoms with Gasteiger partial charge in [-0.05, 0) is 47.2 Å². The van der Waals surface area contributed by atoms with E-state index in [2.05, 4.69) is 15.0 Å². The van der Waals surface area contributed by atoms with Crippen LogP contribution in [0.4, 0.5) is 0 Å². The van der Waals surface area contributed by atoms with Gasteiger partial charge in [0.15, 0.2) is 0 Å². The number of pyridine rings is 2. The van der Waals surface area contributed by atoms with Crippen molar-refractivity contribution in [1.82, 2.24) is 19.9 Å². The number of nitrogens with one attached hydrogen (secondary N) is 1. The quantitative estimate of drug-likeness (QED) is 0.395. The number of hydrogen-bond donors (Lipinski definition) is 2. The van der Waals surface area contributed by atoms with Crippen molar-refractivity contribution in [3.05, 3.63) is 73.1 Å². The molecule has 132 valence electrons. The summed E-state index contributed by atoms with van der Waals surface area (Å²) >= 11 is 0. The maximum Gasteiger partial charge on any atom is 0.139 e. The van der Waals surface area contributed by atoms with E-state index in [1.807, 2.05) is 48.5 Å². The number of aromatic hydroxyl groups is 1. The van der Waals surface area contributed by atoms with Gasteiger partial charge in [-0.25, -0.2) is 4.98 Å². The highest BCUT2D eigenvalue weighted by atomic mass is 16.3. The normalized spacial score (nSPS) is 11.7. The van der Waals surface area contributed by atoms with Crippen molar-refractivity contribution in [3.8, 4) is 17.1 Å². The van der Waals surface area contributed by atoms with Crippen LogP contribution in [0.1, 0.15) is 0 Å². The predicted molar refractivity (Wildman–Crippen MR) is 111 cm³/mol. The summed E-state index contributed by atoms with van der Waals surface area (Å²) in [4.78, 5) is 17.5. The molecule has 6 rings (SSSR count). The summed E-state index contributed by atoms with van der Waals surface area (Å²) in [5, 5.41) is 13.9. The van der Waals surface area contributed by atoms with Gasteiger partial charge >= 0.3 is 0 Å². The molecule has 28 heavy (non-hydrogen) atoms. The first-order valence-electron chi connectivity index (χ1n) is 9.03. The smallest absolute Gasteiger partial charge is 0.139 e. The van der Waals surface area contributed by atoms with Crippen LogP contribution in [0.15, 0.2) is 73.1 Å². The van der Waals surface area contributed by atoms with Crippen LogP contribution in [-0.2, 0) is 0 Å². The SMILES string of the molecule is Oc1ccc2cccc(-c3nc4c5cccnc5c5ncccc5c4[nH]3)c2c1. The van der Waals surface area contributed by atoms with E-state index in [4.69, 9.17) is 4.98 Å². The van der Waals surface area contributed by atoms with E-state index < -0.39 is 0 Å². The first-order chi connectivity index (χ1) is 13.8. The van der Waals surface area contributed by atoms with Gasteiger partial charge < -0.3 is 10.1 Å². The van der Waals surface area contributed by atoms with E-state index in [9.17, 15) is 5.11 Å². The molecule has 0 aliphatic heterocycles. The van der Waals surface area contributed by atoms with Gasteiger partial charge in [0.2, 0.25) is 0 Å². The molecule has 5 heteroatoms. The second kappa shape index (κ2) is 5.50. The number of rotatable bonds is 1. The van der Waals surface area contributed by atoms with E-state index in [-0.39, 0.29) is 5.75 Å². The number of hydrogen-bond acceptors (Lipinski definition) is 4. The fraction of sp³-hybridized carbons (Fsp3) is 0. The fourth-order valence-electron chi connectivity index (χ4n) is 3.94. The van der Waals surface area contributed by atoms with Crippen molar-refractivity contribution >= 4 is 43.6 Å². The monoisotopic (exact) mass is 362 g/mol. The van der Waals surface area contributed by atoms with Crippen LogP contribution in [0.25, 0.3) is 55.0 Å². The van der Waals surface area contributed by atoms with E-state index in [1.165, 1.54) is 0 Å². The number of fused-ring (bicyclic) bond motifs is 7. The van der Waals surface area contributed by atoms with Gasteiger partial charge in [0.25, 0.3) is 0 Å². The first-order valence-corrected chi connectivity index (χ1v) is 9.03. The van der Waals surface area contributed by atoms with Crippen LogP contribution < -0.4 is 0 Å². The molecule has 0 aliphatic carbocycles. The van der Waals surface area contributed by atoms with Gasteiger partial charge in [-0.15, -0.1) is 0 Å². The molecule has 2 N–H and O–H groups in total. The highest BCUT2D eigenvalue weighted by Crippen LogP contribution is 2.35. The number of H-pyrrole nitrogens is 1. The Bertz CT molecular complexity index is 1460. The maximum atomic E-state index is 9.98. The lowest BCUT2D eigenvalue weighted by Crippen LogP contribution is -1.86. The molecule has 0 unspecified atom stereocenters. The highest BCUT2D eigenvalue weighted by Gasteiger charge is 2.16. The summed E-state index contributed by atoms with van der Waals surface area (Å²) < 4.78 is 0. The lowest BCUT2D eigenvalue weighted by molar-refractivity contribution is 0.476. The molecular formula is C23H14N4O. The Hall–Kier alpha value is -3.99. The molecule has 3 aromatic heterocycles. The molecule has 0 bridgehead atoms. The molecule has 5 nitrogen and oxygen atoms in total. The Labute approximate surface area is 159 Å². The van der Waals surface area contributed by atoms with Gasteiger partial charge in [0.1, 0.15) is 11.6 Å². The summed E-state index contributed by atoms with van der Waals surface area (Å²) in [7, 11) is 0. The predicted octanol–water partition coefficient (Wildman–Crippen LogP) is 5.19. The van der Waals surface area contributed by atoms with Crippen molar-refractivity contribution < 1.29 is 5.11 Å². The van der Waals surface area contributed by atoms with Crippen LogP contribution in [0, 0.1) is 0 Å². The molecule has 0 saturated carbocycles. The van der Waals surface area contributed by atoms with E-state index >= 15 is 0 Å². The molecule has 3 heterocycles. The van der Waals surface area contributed by atoms with Crippen LogP contribution in [0.5, 0.6) is 5.75 Å². The number of benzene rings is 3. The maximum absolute atomic E-state index is 9.98. The second-order valence-electron chi connectivity index (χ2n) is 6.82. The average molecular weight is 362 g/mol. The lowest BCUT2D eigenvalue weighted by Gasteiger charge is -2.04. The minimum Gasteiger partial charge on any atom is -0.508 e. The Kier molecular flexibility index (Phi) is 2.97. The second-order valence-corrected chi connectivity index (χ2v) is 6.82. The van der Waals surface area contributed by atoms with Crippen molar-refractivity contribution in [2.75, 3.05) is 0 Å². The van der Waals surface area contributed by atoms with Gasteiger partial charge in [-0.1, -0.05) is 24.3 Å². The lowest BCUT2D eigenvalue weighted by atomic mass is 10.0. The largest absolute Gasteiger partial charge is 0.508 e. The molecule has 0 spiro atoms. The Morgan fingerprint density at radius 2 is 1.50 bits per heavy atom. The first kappa shape index (κ1) is 15.1. The number of phenolic OH excluding ortho intramolecular Hbond substituents is 1. The number of aromatic nitrogens is 4. The van der Waals surface area contributed by atoms with Gasteiger partial charge in [0, 0.05) is 28.7 Å². The van der Waals surface area contributed by atoms with Crippen LogP contribution >= 0.6 is 0 Å². The zero-order valence-electron chi connectivity index (χ0n) is 14.7. The van der Waals surface area contributed by atoms with Crippen LogP contribution in [0.3, 0.4) is 0 Å². The standard InChI is InChI=1S/C23H14N4O/c28-14-9-8-13-4-1-5-15(18(13)12-14)23-26-21-16-6-2-10-24-19(16)20-17(22(21)27-23)7-3-11-25-20/h1-12,28H,(H,26,27). The molecule has 6 aromatic rings. The van der Waals surface area contributed by atoms with E-state index in [1.54, 1.807) is 24.5 Å². The van der Waals surface area contributed by atoms with Gasteiger partial charge in [0.05, 0.1) is 22.1 Å². The van der Waals surface area contributed by atoms with Crippen LogP contribution in [0.2, 0.25) is 0 Å². The summed E-state index contributed by atoms with van der Waals surface area (Å²) in [6.07, 6.45) is 3.57. The average Bonchev–Trinajstić information content (AvgIpc) is 3.19. The molecule has 0 saturated heterocycles. The number of imidazole rings is 1. The molecular weight excluding hydrogens is 348 g/mol. The Morgan fingerprint density at radius 1 is 0.714 bits per heavy atom. The Balaban J connectivity index is 1.77. The van der Waals surface area contributed by atoms with Crippen molar-refractivity contribution in [3.63, 3.8) is 0 Å². The molecule has 0 aliphatic rings. The molecule has 0 atom stereocenters. The van der Waals surface area contributed by atoms with E-state index in [0.717, 1.165) is 55.0 Å². The molecule has 3 aromatic carbocycles. The summed E-state index contributed by atoms with van der Waals surface area (Å²) in [5.41, 5.74) is 4.46. The topological polar surface area (TPSA) is 74.7 Å². The third-order valence-electron chi connectivity index (χ3n) is 5.19. The number of aromatic amines is 1. The summed E-state index contributed by atoms with van der Waals surface area (Å²) in [6, 6.07) is 19.3. The van der Waals surface area contributed by atoms with E-state index in [0.29, 0.717) is 0 Å². The van der Waals surface area contributed by atoms with Crippen molar-refractivity contribution in [2.24, 2.45) is 0 Å². The third-order valence-corrected chi connectivity index (χ3v) is 5.19. The fourth-order valence-corrected chi connectivity index (χ4v) is 3.94. The van der Waals surface area contributed by atoms with Crippen molar-refractivity contribution in [2.45, 2.75) is 0 Å². The molecule has 0 radical (unpaired) electrons. The highest BCUT2D eigenvalue weighted by molar-refractivity contribution is 6.21. The third kappa shape index (κ3) is 2.04. The van der Waals surface area contributed by atoms with Crippen LogP contribution in [-0.4, -0.2) is 25.0 Å². The minimum atomic E-state index is 0.236. The van der Waals surface area contributed by atoms with Gasteiger partial charge in [-0.3, -0.25) is 9.97 Å². The number of phenols is 1. The summed E-state index contributed by atoms with van der Waals surface area (Å²) in [5.74, 6) is 0.994. The van der Waals surface area contributed by atoms with Crippen molar-refractivity contribution in [1.29, 1.82) is 0 Å². The summed E-state index contributed by atoms with van der Waals surface area (Å²) in [6.45, 7) is 0. The zero-order valence-corrected chi connectivity index (χ0v) is 14.7. The van der Waals surface area contributed by atoms with Gasteiger partial charge in [-0.2, -0.15) is 0 Å². The molecule has 0 amide bonds. The Morgan fingerprint density at radius 3 is 2.36 bits per heavy atom. The zero-order chi connectivity index (χ0) is 18.7. The number of nitrogens with zero attached hydrogens (tertiary/aromatic N) is 3.